The van der Waals surface area contributed by atoms with Crippen LogP contribution in [0, 0.1) is 45.3 Å². The maximum absolute atomic E-state index is 12.8. The minimum atomic E-state index is -1.95. The number of rotatable bonds is 19. The first-order valence-electron chi connectivity index (χ1n) is 31.4. The Balaban J connectivity index is 0.885. The van der Waals surface area contributed by atoms with Gasteiger partial charge >= 0.3 is 0 Å². The summed E-state index contributed by atoms with van der Waals surface area (Å²) in [5.74, 6) is 0.0348. The molecule has 0 aromatic rings. The molecule has 8 fully saturated rings. The molecule has 0 spiro atoms. The lowest BCUT2D eigenvalue weighted by Crippen LogP contribution is -2.66. The Kier molecular flexibility index (Phi) is 21.8. The molecule has 0 amide bonds. The van der Waals surface area contributed by atoms with Gasteiger partial charge in [-0.1, -0.05) is 53.2 Å². The number of allylic oxidation sites excluding steroid dienone is 1. The van der Waals surface area contributed by atoms with E-state index in [4.69, 9.17) is 47.4 Å². The quantitative estimate of drug-likeness (QED) is 0.0543. The average molecular weight is 1270 g/mol. The minimum Gasteiger partial charge on any atom is -0.394 e. The Bertz CT molecular complexity index is 2320. The SMILES string of the molecule is C[C@H](CC[C@@H](O[C@@H]1O[C@H](CO[C@H]2O[C@H](CO)[C@@H](O)[C@H](O)[C@H]2O)[C@@H](O)[C@H](O)[C@H]1O[C@@H]1O[C@H](CO)[C@@H](O)[C@H](O)[C@H]1O)C(C)(C)O)C1CC[C@@]2(C)C3CC=C4C(CC[C@H](O[C@@H]5O[C@H](CO)[C@@H](O[C@H]6O[C@H](C)[C@@H](O)[C@H](O)[C@H]6O)[C@H](O)[C@H]5O)C4(C)C)[C@]3(C)[C@H](O)C[C@]12C. The van der Waals surface area contributed by atoms with Gasteiger partial charge in [-0.25, -0.2) is 0 Å². The van der Waals surface area contributed by atoms with Crippen LogP contribution in [0.3, 0.4) is 0 Å². The molecular formula is C60H102O28. The van der Waals surface area contributed by atoms with Gasteiger partial charge in [-0.3, -0.25) is 0 Å². The van der Waals surface area contributed by atoms with E-state index in [0.29, 0.717) is 32.1 Å². The van der Waals surface area contributed by atoms with Gasteiger partial charge in [0.15, 0.2) is 31.5 Å². The Morgan fingerprint density at radius 2 is 1.05 bits per heavy atom. The third-order valence-corrected chi connectivity index (χ3v) is 22.9. The maximum Gasteiger partial charge on any atom is 0.187 e. The van der Waals surface area contributed by atoms with E-state index in [1.165, 1.54) is 20.8 Å². The van der Waals surface area contributed by atoms with Crippen molar-refractivity contribution in [3.63, 3.8) is 0 Å². The number of fused-ring (bicyclic) bond motifs is 5. The Morgan fingerprint density at radius 1 is 0.545 bits per heavy atom. The molecule has 35 atom stereocenters. The maximum atomic E-state index is 12.8. The predicted octanol–water partition coefficient (Wildman–Crippen LogP) is -4.38. The molecule has 5 saturated heterocycles. The molecule has 28 heteroatoms. The van der Waals surface area contributed by atoms with E-state index in [0.717, 1.165) is 18.4 Å². The van der Waals surface area contributed by atoms with Gasteiger partial charge in [0.2, 0.25) is 0 Å². The molecule has 4 aliphatic carbocycles. The second-order valence-electron chi connectivity index (χ2n) is 28.7. The zero-order valence-electron chi connectivity index (χ0n) is 51.7. The third kappa shape index (κ3) is 12.6. The Hall–Kier alpha value is -1.38. The molecule has 28 nitrogen and oxygen atoms in total. The lowest BCUT2D eigenvalue weighted by Gasteiger charge is -2.67. The fourth-order valence-electron chi connectivity index (χ4n) is 17.1. The van der Waals surface area contributed by atoms with Gasteiger partial charge in [0.25, 0.3) is 0 Å². The van der Waals surface area contributed by atoms with Crippen molar-refractivity contribution < 1.29 is 139 Å². The molecule has 5 heterocycles. The normalized spacial score (nSPS) is 52.2. The summed E-state index contributed by atoms with van der Waals surface area (Å²) in [6, 6.07) is 0. The Labute approximate surface area is 512 Å². The zero-order chi connectivity index (χ0) is 64.8. The molecule has 18 N–H and O–H groups in total. The summed E-state index contributed by atoms with van der Waals surface area (Å²) in [6.07, 6.45) is -36.1. The standard InChI is InChI=1S/C60H102O28/c1-23(10-14-35(57(5,6)78)86-55-50(88-54-47(76)42(71)38(67)29(20-62)82-54)43(72)39(68)31(84-55)22-79-51-45(74)41(70)37(66)28(19-61)81-51)25-16-17-58(7)32-13-11-26-27(60(32,9)33(64)18-59(25,58)8)12-15-34(56(26,3)4)85-53-48(77)44(73)49(30(21-63)83-53)87-52-46(75)40(69)36(65)24(2)80-52/h11,23-25,27-55,61-78H,10,12-22H2,1-9H3/t23-,24-,25?,27?,28-,29-,30-,31-,32?,33-,34+,35-,36-,37-,38-,39-,40+,41+,42+,43+,44-,45-,46-,47-,48-,49-,50-,51+,52-,53+,54+,55+,58+,59-,60+/m1/s1. The van der Waals surface area contributed by atoms with Crippen molar-refractivity contribution >= 4 is 0 Å². The van der Waals surface area contributed by atoms with Crippen LogP contribution in [0.5, 0.6) is 0 Å². The summed E-state index contributed by atoms with van der Waals surface area (Å²) in [5, 5.41) is 196. The van der Waals surface area contributed by atoms with Crippen molar-refractivity contribution in [1.82, 2.24) is 0 Å². The van der Waals surface area contributed by atoms with Gasteiger partial charge in [0.05, 0.1) is 56.4 Å². The molecule has 5 aliphatic heterocycles. The van der Waals surface area contributed by atoms with E-state index < -0.39 is 215 Å². The van der Waals surface area contributed by atoms with Crippen LogP contribution in [0.15, 0.2) is 11.6 Å². The van der Waals surface area contributed by atoms with Gasteiger partial charge in [-0.15, -0.1) is 0 Å². The molecule has 88 heavy (non-hydrogen) atoms. The number of aliphatic hydroxyl groups is 18. The van der Waals surface area contributed by atoms with E-state index in [-0.39, 0.29) is 40.9 Å². The smallest absolute Gasteiger partial charge is 0.187 e. The molecule has 9 aliphatic rings. The summed E-state index contributed by atoms with van der Waals surface area (Å²) in [6.45, 7) is 14.7. The molecule has 9 rings (SSSR count). The summed E-state index contributed by atoms with van der Waals surface area (Å²) in [7, 11) is 0. The minimum absolute atomic E-state index is 0.0282. The van der Waals surface area contributed by atoms with Gasteiger partial charge in [-0.05, 0) is 107 Å². The summed E-state index contributed by atoms with van der Waals surface area (Å²) >= 11 is 0. The van der Waals surface area contributed by atoms with Crippen LogP contribution in [-0.4, -0.2) is 296 Å². The van der Waals surface area contributed by atoms with E-state index >= 15 is 0 Å². The second-order valence-corrected chi connectivity index (χ2v) is 28.7. The topological polar surface area (TPSA) is 456 Å². The largest absolute Gasteiger partial charge is 0.394 e. The van der Waals surface area contributed by atoms with Crippen molar-refractivity contribution in [2.45, 2.75) is 291 Å². The van der Waals surface area contributed by atoms with Crippen molar-refractivity contribution in [3.8, 4) is 0 Å². The molecule has 0 aromatic heterocycles. The van der Waals surface area contributed by atoms with E-state index in [9.17, 15) is 91.9 Å². The van der Waals surface area contributed by atoms with Gasteiger partial charge in [0, 0.05) is 10.8 Å². The van der Waals surface area contributed by atoms with Crippen LogP contribution in [0.1, 0.15) is 114 Å². The zero-order valence-corrected chi connectivity index (χ0v) is 51.7. The summed E-state index contributed by atoms with van der Waals surface area (Å²) < 4.78 is 59.7. The van der Waals surface area contributed by atoms with Crippen LogP contribution in [-0.2, 0) is 47.4 Å². The number of hydrogen-bond acceptors (Lipinski definition) is 28. The van der Waals surface area contributed by atoms with Crippen LogP contribution >= 0.6 is 0 Å². The molecule has 510 valence electrons. The average Bonchev–Trinajstić information content (AvgIpc) is 1.30. The van der Waals surface area contributed by atoms with E-state index in [1.807, 2.05) is 0 Å². The molecule has 0 bridgehead atoms. The highest BCUT2D eigenvalue weighted by atomic mass is 16.8. The van der Waals surface area contributed by atoms with Gasteiger partial charge in [0.1, 0.15) is 116 Å². The van der Waals surface area contributed by atoms with E-state index in [2.05, 4.69) is 47.6 Å². The molecule has 0 aromatic carbocycles. The first-order chi connectivity index (χ1) is 41.1. The second kappa shape index (κ2) is 27.0. The van der Waals surface area contributed by atoms with Crippen molar-refractivity contribution in [3.05, 3.63) is 11.6 Å². The van der Waals surface area contributed by atoms with Gasteiger partial charge in [-0.2, -0.15) is 0 Å². The van der Waals surface area contributed by atoms with E-state index in [1.54, 1.807) is 0 Å². The van der Waals surface area contributed by atoms with Crippen LogP contribution in [0.4, 0.5) is 0 Å². The number of aliphatic hydroxyl groups excluding tert-OH is 17. The number of hydrogen-bond donors (Lipinski definition) is 18. The fraction of sp³-hybridized carbons (Fsp3) is 0.967. The lowest BCUT2D eigenvalue weighted by atomic mass is 9.38. The molecule has 3 saturated carbocycles. The Morgan fingerprint density at radius 3 is 1.65 bits per heavy atom. The highest BCUT2D eigenvalue weighted by Crippen LogP contribution is 2.75. The fourth-order valence-corrected chi connectivity index (χ4v) is 17.1. The molecule has 0 radical (unpaired) electrons. The third-order valence-electron chi connectivity index (χ3n) is 22.9. The molecular weight excluding hydrogens is 1170 g/mol. The van der Waals surface area contributed by atoms with Crippen molar-refractivity contribution in [2.24, 2.45) is 45.3 Å². The first-order valence-corrected chi connectivity index (χ1v) is 31.4. The van der Waals surface area contributed by atoms with Crippen molar-refractivity contribution in [1.29, 1.82) is 0 Å². The van der Waals surface area contributed by atoms with Crippen molar-refractivity contribution in [2.75, 3.05) is 26.4 Å². The highest BCUT2D eigenvalue weighted by molar-refractivity contribution is 5.32. The van der Waals surface area contributed by atoms with Crippen LogP contribution in [0.2, 0.25) is 0 Å². The summed E-state index contributed by atoms with van der Waals surface area (Å²) in [4.78, 5) is 0. The predicted molar refractivity (Wildman–Crippen MR) is 299 cm³/mol. The monoisotopic (exact) mass is 1270 g/mol. The van der Waals surface area contributed by atoms with Crippen LogP contribution < -0.4 is 0 Å². The first kappa shape index (κ1) is 70.9. The van der Waals surface area contributed by atoms with Gasteiger partial charge < -0.3 is 139 Å². The lowest BCUT2D eigenvalue weighted by molar-refractivity contribution is -0.380. The molecule has 3 unspecified atom stereocenters. The van der Waals surface area contributed by atoms with Crippen LogP contribution in [0.25, 0.3) is 0 Å². The summed E-state index contributed by atoms with van der Waals surface area (Å²) in [5.41, 5.74) is -2.40. The highest BCUT2D eigenvalue weighted by Gasteiger charge is 2.70. The number of ether oxygens (including phenoxy) is 10.